The molecule has 2 saturated heterocycles. The second kappa shape index (κ2) is 12.6. The first kappa shape index (κ1) is 31.6. The highest BCUT2D eigenvalue weighted by Crippen LogP contribution is 2.43. The number of hydrogen-bond acceptors (Lipinski definition) is 10. The van der Waals surface area contributed by atoms with Crippen LogP contribution in [0.2, 0.25) is 0 Å². The van der Waals surface area contributed by atoms with E-state index in [1.54, 1.807) is 20.4 Å². The molecule has 0 radical (unpaired) electrons. The molecular formula is C32H44N7O4P. The number of methoxy groups -OCH3 is 1. The lowest BCUT2D eigenvalue weighted by atomic mass is 9.71. The summed E-state index contributed by atoms with van der Waals surface area (Å²) in [7, 11) is -0.846. The molecule has 0 saturated carbocycles. The van der Waals surface area contributed by atoms with E-state index in [-0.39, 0.29) is 11.5 Å². The maximum atomic E-state index is 12.8. The van der Waals surface area contributed by atoms with Gasteiger partial charge in [-0.2, -0.15) is 4.98 Å². The van der Waals surface area contributed by atoms with Crippen LogP contribution in [0.3, 0.4) is 0 Å². The zero-order valence-corrected chi connectivity index (χ0v) is 27.5. The minimum Gasteiger partial charge on any atom is -0.494 e. The second-order valence-electron chi connectivity index (χ2n) is 13.1. The number of nitrogens with one attached hydrogen (secondary N) is 2. The summed E-state index contributed by atoms with van der Waals surface area (Å²) < 4.78 is 24.1. The van der Waals surface area contributed by atoms with E-state index in [2.05, 4.69) is 36.6 Å². The smallest absolute Gasteiger partial charge is 0.410 e. The molecule has 0 bridgehead atoms. The minimum atomic E-state index is -2.50. The van der Waals surface area contributed by atoms with Crippen molar-refractivity contribution in [3.8, 4) is 5.75 Å². The molecule has 0 atom stereocenters. The van der Waals surface area contributed by atoms with Gasteiger partial charge >= 0.3 is 6.09 Å². The molecule has 5 rings (SSSR count). The molecule has 2 aromatic carbocycles. The molecule has 2 aliphatic heterocycles. The quantitative estimate of drug-likeness (QED) is 0.294. The average Bonchev–Trinajstić information content (AvgIpc) is 2.97. The molecule has 11 nitrogen and oxygen atoms in total. The number of carbonyl (C=O) groups excluding carboxylic acids is 1. The van der Waals surface area contributed by atoms with E-state index in [9.17, 15) is 9.36 Å². The number of piperidine rings is 2. The lowest BCUT2D eigenvalue weighted by Gasteiger charge is -2.47. The van der Waals surface area contributed by atoms with Crippen molar-refractivity contribution in [1.82, 2.24) is 19.9 Å². The summed E-state index contributed by atoms with van der Waals surface area (Å²) in [6.45, 7) is 12.6. The van der Waals surface area contributed by atoms with Gasteiger partial charge in [0.2, 0.25) is 11.9 Å². The number of anilines is 5. The van der Waals surface area contributed by atoms with Crippen LogP contribution in [-0.4, -0.2) is 78.2 Å². The molecule has 2 N–H and O–H groups in total. The largest absolute Gasteiger partial charge is 0.494 e. The van der Waals surface area contributed by atoms with Gasteiger partial charge in [0, 0.05) is 43.2 Å². The first-order valence-electron chi connectivity index (χ1n) is 15.1. The highest BCUT2D eigenvalue weighted by Gasteiger charge is 2.39. The Morgan fingerprint density at radius 2 is 1.52 bits per heavy atom. The lowest BCUT2D eigenvalue weighted by molar-refractivity contribution is 0.00666. The predicted molar refractivity (Wildman–Crippen MR) is 176 cm³/mol. The van der Waals surface area contributed by atoms with Crippen molar-refractivity contribution in [3.63, 3.8) is 0 Å². The fourth-order valence-electron chi connectivity index (χ4n) is 5.92. The summed E-state index contributed by atoms with van der Waals surface area (Å²) in [6, 6.07) is 13.6. The van der Waals surface area contributed by atoms with Crippen LogP contribution < -0.4 is 25.6 Å². The Morgan fingerprint density at radius 1 is 0.909 bits per heavy atom. The SMILES string of the molecule is COc1cc(N2CCC3(CCN(C(=O)OC(C)(C)C)CC3)CC2)ccc1Nc1ncnc(Nc2ccccc2P(C)(C)=O)n1. The second-order valence-corrected chi connectivity index (χ2v) is 16.3. The molecule has 3 aromatic rings. The van der Waals surface area contributed by atoms with E-state index < -0.39 is 12.7 Å². The Labute approximate surface area is 260 Å². The standard InChI is InChI=1S/C32H44N7O4P/c1-31(2,3)43-30(40)39-19-15-32(16-20-39)13-17-38(18-14-32)23-11-12-24(26(21-23)42-4)35-28-33-22-34-29(37-28)36-25-9-7-8-10-27(25)44(5,6)41/h7-12,21-22H,13-20H2,1-6H3,(H2,33,34,35,36,37). The molecule has 12 heteroatoms. The molecule has 2 aliphatic rings. The van der Waals surface area contributed by atoms with Crippen LogP contribution in [0, 0.1) is 5.41 Å². The minimum absolute atomic E-state index is 0.204. The van der Waals surface area contributed by atoms with E-state index in [0.717, 1.165) is 68.5 Å². The average molecular weight is 622 g/mol. The van der Waals surface area contributed by atoms with Gasteiger partial charge in [0.15, 0.2) is 0 Å². The molecule has 2 fully saturated rings. The first-order chi connectivity index (χ1) is 20.8. The van der Waals surface area contributed by atoms with Crippen molar-refractivity contribution in [3.05, 3.63) is 48.8 Å². The maximum absolute atomic E-state index is 12.8. The third-order valence-electron chi connectivity index (χ3n) is 8.40. The van der Waals surface area contributed by atoms with Crippen molar-refractivity contribution in [1.29, 1.82) is 0 Å². The van der Waals surface area contributed by atoms with Crippen LogP contribution in [0.4, 0.5) is 33.8 Å². The topological polar surface area (TPSA) is 122 Å². The molecule has 1 spiro atoms. The molecule has 1 aromatic heterocycles. The molecular weight excluding hydrogens is 577 g/mol. The zero-order chi connectivity index (χ0) is 31.5. The van der Waals surface area contributed by atoms with Gasteiger partial charge < -0.3 is 34.5 Å². The highest BCUT2D eigenvalue weighted by atomic mass is 31.2. The molecule has 3 heterocycles. The van der Waals surface area contributed by atoms with Crippen LogP contribution in [0.25, 0.3) is 0 Å². The number of hydrogen-bond donors (Lipinski definition) is 2. The summed E-state index contributed by atoms with van der Waals surface area (Å²) in [6.07, 6.45) is 5.43. The van der Waals surface area contributed by atoms with E-state index in [0.29, 0.717) is 23.3 Å². The Balaban J connectivity index is 1.20. The third kappa shape index (κ3) is 7.62. The van der Waals surface area contributed by atoms with E-state index >= 15 is 0 Å². The highest BCUT2D eigenvalue weighted by molar-refractivity contribution is 7.70. The summed E-state index contributed by atoms with van der Waals surface area (Å²) in [5, 5.41) is 7.18. The fourth-order valence-corrected chi connectivity index (χ4v) is 7.07. The zero-order valence-electron chi connectivity index (χ0n) is 26.6. The fraction of sp³-hybridized carbons (Fsp3) is 0.500. The Morgan fingerprint density at radius 3 is 2.14 bits per heavy atom. The van der Waals surface area contributed by atoms with Crippen LogP contribution >= 0.6 is 7.14 Å². The van der Waals surface area contributed by atoms with Crippen LogP contribution in [0.15, 0.2) is 48.8 Å². The number of benzene rings is 2. The summed E-state index contributed by atoms with van der Waals surface area (Å²) in [4.78, 5) is 29.8. The maximum Gasteiger partial charge on any atom is 0.410 e. The number of ether oxygens (including phenoxy) is 2. The lowest BCUT2D eigenvalue weighted by Crippen LogP contribution is -2.49. The molecule has 0 aliphatic carbocycles. The first-order valence-corrected chi connectivity index (χ1v) is 17.7. The predicted octanol–water partition coefficient (Wildman–Crippen LogP) is 6.23. The number of nitrogens with zero attached hydrogens (tertiary/aromatic N) is 5. The Kier molecular flexibility index (Phi) is 9.07. The van der Waals surface area contributed by atoms with Crippen molar-refractivity contribution in [2.45, 2.75) is 52.1 Å². The van der Waals surface area contributed by atoms with Gasteiger partial charge in [0.05, 0.1) is 18.5 Å². The van der Waals surface area contributed by atoms with Crippen molar-refractivity contribution in [2.75, 3.05) is 62.2 Å². The number of amides is 1. The molecule has 0 unspecified atom stereocenters. The molecule has 44 heavy (non-hydrogen) atoms. The van der Waals surface area contributed by atoms with Crippen LogP contribution in [-0.2, 0) is 9.30 Å². The normalized spacial score (nSPS) is 16.9. The molecule has 1 amide bonds. The number of likely N-dealkylation sites (tertiary alicyclic amines) is 1. The van der Waals surface area contributed by atoms with Crippen molar-refractivity contribution < 1.29 is 18.8 Å². The number of rotatable bonds is 7. The van der Waals surface area contributed by atoms with Crippen molar-refractivity contribution in [2.24, 2.45) is 5.41 Å². The number of carbonyl (C=O) groups is 1. The molecule has 236 valence electrons. The summed E-state index contributed by atoms with van der Waals surface area (Å²) in [5.74, 6) is 1.39. The third-order valence-corrected chi connectivity index (χ3v) is 9.95. The van der Waals surface area contributed by atoms with Gasteiger partial charge in [-0.05, 0) is 89.5 Å². The van der Waals surface area contributed by atoms with E-state index in [4.69, 9.17) is 9.47 Å². The summed E-state index contributed by atoms with van der Waals surface area (Å²) in [5.41, 5.74) is 2.35. The van der Waals surface area contributed by atoms with Crippen molar-refractivity contribution >= 4 is 47.5 Å². The van der Waals surface area contributed by atoms with Gasteiger partial charge in [0.1, 0.15) is 24.8 Å². The van der Waals surface area contributed by atoms with Gasteiger partial charge in [-0.15, -0.1) is 0 Å². The monoisotopic (exact) mass is 621 g/mol. The van der Waals surface area contributed by atoms with Gasteiger partial charge in [-0.3, -0.25) is 0 Å². The Bertz CT molecular complexity index is 1520. The van der Waals surface area contributed by atoms with Gasteiger partial charge in [-0.1, -0.05) is 12.1 Å². The summed E-state index contributed by atoms with van der Waals surface area (Å²) >= 11 is 0. The van der Waals surface area contributed by atoms with E-state index in [1.165, 1.54) is 6.33 Å². The van der Waals surface area contributed by atoms with E-state index in [1.807, 2.05) is 62.1 Å². The van der Waals surface area contributed by atoms with Gasteiger partial charge in [0.25, 0.3) is 0 Å². The number of aromatic nitrogens is 3. The van der Waals surface area contributed by atoms with Crippen LogP contribution in [0.1, 0.15) is 46.5 Å². The van der Waals surface area contributed by atoms with Crippen LogP contribution in [0.5, 0.6) is 5.75 Å². The number of para-hydroxylation sites is 1. The Hall–Kier alpha value is -3.85. The van der Waals surface area contributed by atoms with Gasteiger partial charge in [-0.25, -0.2) is 14.8 Å².